The molecular weight excluding hydrogens is 216 g/mol. The van der Waals surface area contributed by atoms with Gasteiger partial charge < -0.3 is 14.8 Å². The van der Waals surface area contributed by atoms with Crippen LogP contribution >= 0.6 is 0 Å². The first kappa shape index (κ1) is 11.5. The molecule has 2 rings (SSSR count). The molecule has 1 N–H and O–H groups in total. The van der Waals surface area contributed by atoms with Crippen molar-refractivity contribution in [3.05, 3.63) is 24.4 Å². The second-order valence-electron chi connectivity index (χ2n) is 3.59. The largest absolute Gasteiger partial charge is 0.493 e. The average Bonchev–Trinajstić information content (AvgIpc) is 2.38. The second-order valence-corrected chi connectivity index (χ2v) is 3.59. The predicted octanol–water partition coefficient (Wildman–Crippen LogP) is 2.68. The molecule has 90 valence electrons. The number of hydrogen-bond acceptors (Lipinski definition) is 4. The Hall–Kier alpha value is -1.97. The van der Waals surface area contributed by atoms with Crippen LogP contribution in [0.1, 0.15) is 6.92 Å². The van der Waals surface area contributed by atoms with E-state index in [1.807, 2.05) is 25.1 Å². The minimum absolute atomic E-state index is 0.712. The number of aromatic nitrogens is 1. The molecule has 1 aromatic carbocycles. The number of anilines is 1. The zero-order valence-electron chi connectivity index (χ0n) is 10.3. The van der Waals surface area contributed by atoms with Gasteiger partial charge in [-0.05, 0) is 19.1 Å². The van der Waals surface area contributed by atoms with Crippen LogP contribution in [0, 0.1) is 0 Å². The summed E-state index contributed by atoms with van der Waals surface area (Å²) in [6.07, 6.45) is 1.77. The van der Waals surface area contributed by atoms with Crippen molar-refractivity contribution < 1.29 is 9.47 Å². The summed E-state index contributed by atoms with van der Waals surface area (Å²) in [6.45, 7) is 2.88. The third-order valence-electron chi connectivity index (χ3n) is 2.60. The first-order valence-electron chi connectivity index (χ1n) is 5.55. The quantitative estimate of drug-likeness (QED) is 0.880. The maximum Gasteiger partial charge on any atom is 0.170 e. The van der Waals surface area contributed by atoms with E-state index in [2.05, 4.69) is 10.3 Å². The average molecular weight is 232 g/mol. The summed E-state index contributed by atoms with van der Waals surface area (Å²) >= 11 is 0. The summed E-state index contributed by atoms with van der Waals surface area (Å²) < 4.78 is 10.7. The minimum Gasteiger partial charge on any atom is -0.493 e. The maximum atomic E-state index is 5.39. The molecular formula is C13H16N2O2. The molecule has 4 nitrogen and oxygen atoms in total. The summed E-state index contributed by atoms with van der Waals surface area (Å²) in [5, 5.41) is 4.23. The van der Waals surface area contributed by atoms with Crippen molar-refractivity contribution >= 4 is 16.6 Å². The third-order valence-corrected chi connectivity index (χ3v) is 2.60. The number of benzene rings is 1. The molecule has 0 spiro atoms. The predicted molar refractivity (Wildman–Crippen MR) is 69.0 cm³/mol. The maximum absolute atomic E-state index is 5.39. The van der Waals surface area contributed by atoms with Gasteiger partial charge in [0.15, 0.2) is 11.5 Å². The number of fused-ring (bicyclic) bond motifs is 1. The van der Waals surface area contributed by atoms with Crippen molar-refractivity contribution in [3.63, 3.8) is 0 Å². The Morgan fingerprint density at radius 3 is 2.76 bits per heavy atom. The Balaban J connectivity index is 2.75. The molecule has 1 heterocycles. The molecule has 0 aliphatic heterocycles. The van der Waals surface area contributed by atoms with Gasteiger partial charge in [-0.25, -0.2) is 0 Å². The topological polar surface area (TPSA) is 43.4 Å². The normalized spacial score (nSPS) is 10.3. The highest BCUT2D eigenvalue weighted by atomic mass is 16.5. The highest BCUT2D eigenvalue weighted by Gasteiger charge is 2.13. The Kier molecular flexibility index (Phi) is 3.32. The third kappa shape index (κ3) is 1.98. The van der Waals surface area contributed by atoms with Crippen molar-refractivity contribution in [1.29, 1.82) is 0 Å². The van der Waals surface area contributed by atoms with Crippen LogP contribution in [0.15, 0.2) is 24.4 Å². The van der Waals surface area contributed by atoms with Crippen molar-refractivity contribution in [2.24, 2.45) is 0 Å². The van der Waals surface area contributed by atoms with Crippen LogP contribution in [0.2, 0.25) is 0 Å². The van der Waals surface area contributed by atoms with E-state index >= 15 is 0 Å². The molecule has 0 saturated carbocycles. The van der Waals surface area contributed by atoms with Crippen LogP contribution in [-0.4, -0.2) is 25.7 Å². The lowest BCUT2D eigenvalue weighted by atomic mass is 10.1. The molecule has 0 atom stereocenters. The molecule has 0 radical (unpaired) electrons. The molecule has 4 heteroatoms. The first-order chi connectivity index (χ1) is 8.31. The molecule has 1 aromatic heterocycles. The number of pyridine rings is 1. The molecule has 2 aromatic rings. The zero-order valence-corrected chi connectivity index (χ0v) is 10.3. The minimum atomic E-state index is 0.712. The van der Waals surface area contributed by atoms with Crippen molar-refractivity contribution in [2.75, 3.05) is 26.1 Å². The fourth-order valence-corrected chi connectivity index (χ4v) is 1.89. The lowest BCUT2D eigenvalue weighted by molar-refractivity contribution is 0.358. The van der Waals surface area contributed by atoms with Crippen LogP contribution < -0.4 is 14.8 Å². The lowest BCUT2D eigenvalue weighted by Crippen LogP contribution is -2.01. The SMILES string of the molecule is CCNc1cc(OC)c(OC)c2cccnc12. The first-order valence-corrected chi connectivity index (χ1v) is 5.55. The van der Waals surface area contributed by atoms with E-state index in [9.17, 15) is 0 Å². The van der Waals surface area contributed by atoms with Crippen LogP contribution in [0.3, 0.4) is 0 Å². The Morgan fingerprint density at radius 2 is 2.12 bits per heavy atom. The number of hydrogen-bond donors (Lipinski definition) is 1. The Bertz CT molecular complexity index is 526. The van der Waals surface area contributed by atoms with Crippen LogP contribution in [0.4, 0.5) is 5.69 Å². The molecule has 17 heavy (non-hydrogen) atoms. The van der Waals surface area contributed by atoms with Crippen LogP contribution in [-0.2, 0) is 0 Å². The van der Waals surface area contributed by atoms with Gasteiger partial charge in [0.1, 0.15) is 0 Å². The Morgan fingerprint density at radius 1 is 1.29 bits per heavy atom. The van der Waals surface area contributed by atoms with E-state index in [4.69, 9.17) is 9.47 Å². The molecule has 0 aliphatic rings. The molecule has 0 bridgehead atoms. The summed E-state index contributed by atoms with van der Waals surface area (Å²) in [6, 6.07) is 5.78. The van der Waals surface area contributed by atoms with Gasteiger partial charge in [0, 0.05) is 24.2 Å². The fraction of sp³-hybridized carbons (Fsp3) is 0.308. The highest BCUT2D eigenvalue weighted by molar-refractivity contribution is 5.97. The van der Waals surface area contributed by atoms with Gasteiger partial charge in [-0.1, -0.05) is 0 Å². The van der Waals surface area contributed by atoms with Gasteiger partial charge in [-0.2, -0.15) is 0 Å². The fourth-order valence-electron chi connectivity index (χ4n) is 1.89. The van der Waals surface area contributed by atoms with E-state index in [1.165, 1.54) is 0 Å². The van der Waals surface area contributed by atoms with Crippen LogP contribution in [0.25, 0.3) is 10.9 Å². The van der Waals surface area contributed by atoms with Gasteiger partial charge in [-0.15, -0.1) is 0 Å². The van der Waals surface area contributed by atoms with Gasteiger partial charge in [0.25, 0.3) is 0 Å². The summed E-state index contributed by atoms with van der Waals surface area (Å²) in [7, 11) is 3.27. The van der Waals surface area contributed by atoms with E-state index in [1.54, 1.807) is 20.4 Å². The Labute approximate surface area is 101 Å². The molecule has 0 fully saturated rings. The summed E-state index contributed by atoms with van der Waals surface area (Å²) in [5.41, 5.74) is 1.85. The zero-order chi connectivity index (χ0) is 12.3. The van der Waals surface area contributed by atoms with Crippen molar-refractivity contribution in [1.82, 2.24) is 4.98 Å². The summed E-state index contributed by atoms with van der Waals surface area (Å²) in [5.74, 6) is 1.43. The smallest absolute Gasteiger partial charge is 0.170 e. The number of methoxy groups -OCH3 is 2. The van der Waals surface area contributed by atoms with Gasteiger partial charge in [0.05, 0.1) is 25.4 Å². The molecule has 0 saturated heterocycles. The number of nitrogens with one attached hydrogen (secondary N) is 1. The lowest BCUT2D eigenvalue weighted by Gasteiger charge is -2.14. The van der Waals surface area contributed by atoms with E-state index in [0.29, 0.717) is 5.75 Å². The van der Waals surface area contributed by atoms with E-state index in [-0.39, 0.29) is 0 Å². The van der Waals surface area contributed by atoms with Gasteiger partial charge >= 0.3 is 0 Å². The number of rotatable bonds is 4. The van der Waals surface area contributed by atoms with Crippen LogP contribution in [0.5, 0.6) is 11.5 Å². The van der Waals surface area contributed by atoms with E-state index < -0.39 is 0 Å². The number of ether oxygens (including phenoxy) is 2. The van der Waals surface area contributed by atoms with Gasteiger partial charge in [0.2, 0.25) is 0 Å². The summed E-state index contributed by atoms with van der Waals surface area (Å²) in [4.78, 5) is 4.39. The molecule has 0 unspecified atom stereocenters. The van der Waals surface area contributed by atoms with E-state index in [0.717, 1.165) is 28.9 Å². The molecule has 0 aliphatic carbocycles. The highest BCUT2D eigenvalue weighted by Crippen LogP contribution is 2.38. The standard InChI is InChI=1S/C13H16N2O2/c1-4-14-10-8-11(16-2)13(17-3)9-6-5-7-15-12(9)10/h5-8,14H,4H2,1-3H3. The monoisotopic (exact) mass is 232 g/mol. The number of nitrogens with zero attached hydrogens (tertiary/aromatic N) is 1. The van der Waals surface area contributed by atoms with Crippen molar-refractivity contribution in [2.45, 2.75) is 6.92 Å². The van der Waals surface area contributed by atoms with Gasteiger partial charge in [-0.3, -0.25) is 4.98 Å². The van der Waals surface area contributed by atoms with Crippen molar-refractivity contribution in [3.8, 4) is 11.5 Å². The second kappa shape index (κ2) is 4.91. The molecule has 0 amide bonds.